The largest absolute Gasteiger partial charge is 0.304 e. The summed E-state index contributed by atoms with van der Waals surface area (Å²) in [6.45, 7) is 1.87. The number of hydrogen-bond donors (Lipinski definition) is 0. The molecular weight excluding hydrogens is 166 g/mol. The van der Waals surface area contributed by atoms with E-state index >= 15 is 0 Å². The number of hydrogen-bond acceptors (Lipinski definition) is 3. The van der Waals surface area contributed by atoms with Gasteiger partial charge in [0.25, 0.3) is 0 Å². The van der Waals surface area contributed by atoms with Crippen molar-refractivity contribution in [2.24, 2.45) is 4.99 Å². The number of aromatic nitrogens is 2. The molecule has 64 valence electrons. The van der Waals surface area contributed by atoms with Gasteiger partial charge in [0.05, 0.1) is 17.5 Å². The van der Waals surface area contributed by atoms with E-state index in [-0.39, 0.29) is 0 Å². The first-order chi connectivity index (χ1) is 6.33. The Bertz CT molecular complexity index is 495. The van der Waals surface area contributed by atoms with Crippen molar-refractivity contribution in [2.45, 2.75) is 6.92 Å². The summed E-state index contributed by atoms with van der Waals surface area (Å²) in [5, 5.41) is 0. The summed E-state index contributed by atoms with van der Waals surface area (Å²) < 4.78 is 1.82. The molecule has 0 aliphatic heterocycles. The number of aryl methyl sites for hydroxylation is 1. The molecule has 0 bridgehead atoms. The van der Waals surface area contributed by atoms with E-state index in [9.17, 15) is 4.79 Å². The van der Waals surface area contributed by atoms with Crippen molar-refractivity contribution < 1.29 is 4.79 Å². The molecule has 13 heavy (non-hydrogen) atoms. The second-order valence-electron chi connectivity index (χ2n) is 2.68. The predicted molar refractivity (Wildman–Crippen MR) is 47.7 cm³/mol. The zero-order valence-electron chi connectivity index (χ0n) is 7.06. The Morgan fingerprint density at radius 3 is 3.23 bits per heavy atom. The van der Waals surface area contributed by atoms with Gasteiger partial charge in [-0.1, -0.05) is 0 Å². The molecular formula is C9H7N3O. The normalized spacial score (nSPS) is 9.92. The summed E-state index contributed by atoms with van der Waals surface area (Å²) >= 11 is 0. The van der Waals surface area contributed by atoms with Gasteiger partial charge in [-0.05, 0) is 19.1 Å². The highest BCUT2D eigenvalue weighted by atomic mass is 16.1. The summed E-state index contributed by atoms with van der Waals surface area (Å²) in [5.41, 5.74) is 2.31. The number of imidazole rings is 1. The highest BCUT2D eigenvalue weighted by Gasteiger charge is 2.03. The topological polar surface area (TPSA) is 46.7 Å². The number of isocyanates is 1. The van der Waals surface area contributed by atoms with Crippen molar-refractivity contribution in [1.82, 2.24) is 9.38 Å². The molecule has 0 aliphatic rings. The Kier molecular flexibility index (Phi) is 1.69. The summed E-state index contributed by atoms with van der Waals surface area (Å²) in [5.74, 6) is 0. The third-order valence-corrected chi connectivity index (χ3v) is 1.89. The molecule has 2 rings (SSSR count). The second-order valence-corrected chi connectivity index (χ2v) is 2.68. The van der Waals surface area contributed by atoms with Crippen LogP contribution in [0.15, 0.2) is 29.6 Å². The summed E-state index contributed by atoms with van der Waals surface area (Å²) in [6.07, 6.45) is 5.08. The van der Waals surface area contributed by atoms with E-state index in [0.717, 1.165) is 11.2 Å². The number of nitrogens with zero attached hydrogens (tertiary/aromatic N) is 3. The number of aliphatic imine (C=N–C) groups is 1. The molecule has 4 heteroatoms. The van der Waals surface area contributed by atoms with Crippen LogP contribution in [0.5, 0.6) is 0 Å². The first kappa shape index (κ1) is 7.71. The standard InChI is InChI=1S/C9H7N3O/c1-7-9-8(11-6-13)3-2-4-12(9)5-10-7/h2-5H,1H3. The van der Waals surface area contributed by atoms with Crippen LogP contribution in [-0.2, 0) is 4.79 Å². The van der Waals surface area contributed by atoms with Gasteiger partial charge in [-0.15, -0.1) is 0 Å². The smallest absolute Gasteiger partial charge is 0.240 e. The Morgan fingerprint density at radius 2 is 2.46 bits per heavy atom. The Hall–Kier alpha value is -1.93. The molecule has 0 N–H and O–H groups in total. The quantitative estimate of drug-likeness (QED) is 0.485. The predicted octanol–water partition coefficient (Wildman–Crippen LogP) is 1.61. The van der Waals surface area contributed by atoms with Crippen molar-refractivity contribution in [3.05, 3.63) is 30.4 Å². The van der Waals surface area contributed by atoms with Crippen LogP contribution in [0.3, 0.4) is 0 Å². The zero-order valence-corrected chi connectivity index (χ0v) is 7.06. The van der Waals surface area contributed by atoms with Gasteiger partial charge in [0, 0.05) is 6.20 Å². The third kappa shape index (κ3) is 1.13. The molecule has 4 nitrogen and oxygen atoms in total. The van der Waals surface area contributed by atoms with Gasteiger partial charge in [0.1, 0.15) is 5.69 Å². The fourth-order valence-corrected chi connectivity index (χ4v) is 1.33. The van der Waals surface area contributed by atoms with Crippen LogP contribution < -0.4 is 0 Å². The molecule has 0 amide bonds. The van der Waals surface area contributed by atoms with Crippen LogP contribution in [0.1, 0.15) is 5.69 Å². The van der Waals surface area contributed by atoms with E-state index in [0.29, 0.717) is 5.69 Å². The lowest BCUT2D eigenvalue weighted by Gasteiger charge is -1.96. The lowest BCUT2D eigenvalue weighted by Crippen LogP contribution is -1.81. The van der Waals surface area contributed by atoms with Gasteiger partial charge in [-0.25, -0.2) is 9.78 Å². The lowest BCUT2D eigenvalue weighted by molar-refractivity contribution is 0.565. The van der Waals surface area contributed by atoms with Gasteiger partial charge in [-0.2, -0.15) is 4.99 Å². The molecule has 0 saturated carbocycles. The Balaban J connectivity index is 2.87. The van der Waals surface area contributed by atoms with Gasteiger partial charge >= 0.3 is 0 Å². The van der Waals surface area contributed by atoms with E-state index in [2.05, 4.69) is 9.98 Å². The fourth-order valence-electron chi connectivity index (χ4n) is 1.33. The van der Waals surface area contributed by atoms with Crippen molar-refractivity contribution in [1.29, 1.82) is 0 Å². The highest BCUT2D eigenvalue weighted by molar-refractivity contribution is 5.73. The minimum Gasteiger partial charge on any atom is -0.304 e. The maximum atomic E-state index is 10.1. The van der Waals surface area contributed by atoms with Gasteiger partial charge in [0.15, 0.2) is 0 Å². The van der Waals surface area contributed by atoms with E-state index in [4.69, 9.17) is 0 Å². The number of carbonyl (C=O) groups excluding carboxylic acids is 1. The second kappa shape index (κ2) is 2.84. The van der Waals surface area contributed by atoms with E-state index in [1.54, 1.807) is 12.4 Å². The van der Waals surface area contributed by atoms with Crippen LogP contribution in [0.2, 0.25) is 0 Å². The Labute approximate surface area is 74.6 Å². The molecule has 2 aromatic rings. The zero-order chi connectivity index (χ0) is 9.26. The molecule has 0 saturated heterocycles. The van der Waals surface area contributed by atoms with Crippen LogP contribution in [0, 0.1) is 6.92 Å². The van der Waals surface area contributed by atoms with Crippen LogP contribution >= 0.6 is 0 Å². The van der Waals surface area contributed by atoms with E-state index in [1.165, 1.54) is 6.08 Å². The monoisotopic (exact) mass is 173 g/mol. The maximum Gasteiger partial charge on any atom is 0.240 e. The summed E-state index contributed by atoms with van der Waals surface area (Å²) in [6, 6.07) is 3.57. The van der Waals surface area contributed by atoms with Gasteiger partial charge in [0.2, 0.25) is 6.08 Å². The minimum atomic E-state index is 0.604. The highest BCUT2D eigenvalue weighted by Crippen LogP contribution is 2.21. The Morgan fingerprint density at radius 1 is 1.62 bits per heavy atom. The number of rotatable bonds is 1. The molecule has 0 unspecified atom stereocenters. The molecule has 2 aromatic heterocycles. The van der Waals surface area contributed by atoms with Gasteiger partial charge < -0.3 is 4.40 Å². The molecule has 0 radical (unpaired) electrons. The maximum absolute atomic E-state index is 10.1. The molecule has 0 spiro atoms. The van der Waals surface area contributed by atoms with Crippen LogP contribution in [0.4, 0.5) is 5.69 Å². The lowest BCUT2D eigenvalue weighted by atomic mass is 10.3. The minimum absolute atomic E-state index is 0.604. The average molecular weight is 173 g/mol. The first-order valence-corrected chi connectivity index (χ1v) is 3.83. The fraction of sp³-hybridized carbons (Fsp3) is 0.111. The molecule has 0 aromatic carbocycles. The van der Waals surface area contributed by atoms with Crippen LogP contribution in [0.25, 0.3) is 5.52 Å². The molecule has 0 atom stereocenters. The average Bonchev–Trinajstić information content (AvgIpc) is 2.50. The van der Waals surface area contributed by atoms with Crippen molar-refractivity contribution >= 4 is 17.3 Å². The summed E-state index contributed by atoms with van der Waals surface area (Å²) in [7, 11) is 0. The first-order valence-electron chi connectivity index (χ1n) is 3.83. The van der Waals surface area contributed by atoms with Gasteiger partial charge in [-0.3, -0.25) is 0 Å². The van der Waals surface area contributed by atoms with Crippen molar-refractivity contribution in [2.75, 3.05) is 0 Å². The van der Waals surface area contributed by atoms with Crippen LogP contribution in [-0.4, -0.2) is 15.5 Å². The third-order valence-electron chi connectivity index (χ3n) is 1.89. The molecule has 0 aliphatic carbocycles. The number of fused-ring (bicyclic) bond motifs is 1. The van der Waals surface area contributed by atoms with Crippen molar-refractivity contribution in [3.8, 4) is 0 Å². The number of pyridine rings is 1. The van der Waals surface area contributed by atoms with Crippen molar-refractivity contribution in [3.63, 3.8) is 0 Å². The van der Waals surface area contributed by atoms with E-state index < -0.39 is 0 Å². The SMILES string of the molecule is Cc1ncn2cccc(N=C=O)c12. The molecule has 2 heterocycles. The van der Waals surface area contributed by atoms with E-state index in [1.807, 2.05) is 23.6 Å². The molecule has 0 fully saturated rings. The summed E-state index contributed by atoms with van der Waals surface area (Å²) in [4.78, 5) is 17.8.